The number of amides is 1. The molecule has 1 aromatic carbocycles. The topological polar surface area (TPSA) is 135 Å². The number of carbonyl (C=O) groups is 1. The van der Waals surface area contributed by atoms with Crippen molar-refractivity contribution in [2.75, 3.05) is 5.73 Å². The Morgan fingerprint density at radius 1 is 1.25 bits per heavy atom. The van der Waals surface area contributed by atoms with Crippen molar-refractivity contribution < 1.29 is 4.79 Å². The molecule has 3 heterocycles. The van der Waals surface area contributed by atoms with Crippen LogP contribution in [-0.2, 0) is 13.1 Å². The Bertz CT molecular complexity index is 1370. The molecule has 3 N–H and O–H groups in total. The first kappa shape index (κ1) is 21.2. The molecule has 0 saturated carbocycles. The molecule has 0 unspecified atom stereocenters. The monoisotopic (exact) mass is 446 g/mol. The second kappa shape index (κ2) is 8.61. The number of nitrogens with zero attached hydrogens (tertiary/aromatic N) is 6. The van der Waals surface area contributed by atoms with Gasteiger partial charge in [-0.25, -0.2) is 9.67 Å². The molecule has 0 fully saturated rings. The molecular formula is C22H19ClN8O. The number of pyridine rings is 2. The van der Waals surface area contributed by atoms with Gasteiger partial charge in [0.1, 0.15) is 11.9 Å². The lowest BCUT2D eigenvalue weighted by Crippen LogP contribution is -2.25. The smallest absolute Gasteiger partial charge is 0.291 e. The summed E-state index contributed by atoms with van der Waals surface area (Å²) >= 11 is 6.03. The van der Waals surface area contributed by atoms with Crippen molar-refractivity contribution in [3.05, 3.63) is 75.6 Å². The van der Waals surface area contributed by atoms with E-state index in [1.165, 1.54) is 4.68 Å². The summed E-state index contributed by atoms with van der Waals surface area (Å²) in [7, 11) is 0. The zero-order valence-electron chi connectivity index (χ0n) is 17.4. The minimum absolute atomic E-state index is 0.0426. The summed E-state index contributed by atoms with van der Waals surface area (Å²) in [6.07, 6.45) is 1.59. The minimum Gasteiger partial charge on any atom is -0.384 e. The predicted molar refractivity (Wildman–Crippen MR) is 120 cm³/mol. The highest BCUT2D eigenvalue weighted by atomic mass is 35.5. The summed E-state index contributed by atoms with van der Waals surface area (Å²) < 4.78 is 1.40. The van der Waals surface area contributed by atoms with Gasteiger partial charge in [-0.05, 0) is 54.8 Å². The van der Waals surface area contributed by atoms with E-state index in [2.05, 4.69) is 25.4 Å². The van der Waals surface area contributed by atoms with E-state index in [1.54, 1.807) is 12.3 Å². The SMILES string of the molecule is Cc1cc(N)nc(C)c1CNC(=O)c1nc(C#N)n(Cc2ccc3ncc(Cl)cc3c2)n1. The van der Waals surface area contributed by atoms with Crippen LogP contribution in [0.4, 0.5) is 5.82 Å². The van der Waals surface area contributed by atoms with Crippen LogP contribution in [0.15, 0.2) is 36.5 Å². The lowest BCUT2D eigenvalue weighted by atomic mass is 10.1. The number of hydrogen-bond donors (Lipinski definition) is 2. The number of benzene rings is 1. The Hall–Kier alpha value is -4.03. The Kier molecular flexibility index (Phi) is 5.71. The van der Waals surface area contributed by atoms with Crippen molar-refractivity contribution in [1.82, 2.24) is 30.0 Å². The molecule has 0 atom stereocenters. The fourth-order valence-corrected chi connectivity index (χ4v) is 3.63. The molecule has 0 saturated heterocycles. The van der Waals surface area contributed by atoms with Gasteiger partial charge >= 0.3 is 0 Å². The Morgan fingerprint density at radius 2 is 2.06 bits per heavy atom. The van der Waals surface area contributed by atoms with Gasteiger partial charge in [0, 0.05) is 23.8 Å². The summed E-state index contributed by atoms with van der Waals surface area (Å²) in [5.74, 6) is -0.0852. The number of rotatable bonds is 5. The van der Waals surface area contributed by atoms with Crippen molar-refractivity contribution in [2.24, 2.45) is 0 Å². The third kappa shape index (κ3) is 4.36. The van der Waals surface area contributed by atoms with Gasteiger partial charge in [-0.15, -0.1) is 5.10 Å². The molecular weight excluding hydrogens is 428 g/mol. The van der Waals surface area contributed by atoms with E-state index < -0.39 is 5.91 Å². The van der Waals surface area contributed by atoms with Gasteiger partial charge in [-0.2, -0.15) is 10.2 Å². The number of nitriles is 1. The zero-order valence-corrected chi connectivity index (χ0v) is 18.2. The van der Waals surface area contributed by atoms with Crippen LogP contribution in [-0.4, -0.2) is 30.6 Å². The number of anilines is 1. The summed E-state index contributed by atoms with van der Waals surface area (Å²) in [6, 6.07) is 11.2. The quantitative estimate of drug-likeness (QED) is 0.481. The van der Waals surface area contributed by atoms with Crippen LogP contribution in [0.3, 0.4) is 0 Å². The molecule has 3 aromatic heterocycles. The standard InChI is InChI=1S/C22H19ClN8O/c1-12-5-19(25)28-13(2)17(12)10-27-22(32)21-29-20(8-24)31(30-21)11-14-3-4-18-15(6-14)7-16(23)9-26-18/h3-7,9H,10-11H2,1-2H3,(H2,25,28)(H,27,32). The average molecular weight is 447 g/mol. The molecule has 160 valence electrons. The minimum atomic E-state index is -0.481. The van der Waals surface area contributed by atoms with Crippen LogP contribution in [0.1, 0.15) is 38.8 Å². The number of nitrogens with two attached hydrogens (primary N) is 1. The fraction of sp³-hybridized carbons (Fsp3) is 0.182. The third-order valence-corrected chi connectivity index (χ3v) is 5.23. The molecule has 0 aliphatic heterocycles. The van der Waals surface area contributed by atoms with Gasteiger partial charge in [-0.1, -0.05) is 17.7 Å². The van der Waals surface area contributed by atoms with Crippen LogP contribution in [0, 0.1) is 25.2 Å². The highest BCUT2D eigenvalue weighted by Crippen LogP contribution is 2.19. The number of hydrogen-bond acceptors (Lipinski definition) is 7. The second-order valence-corrected chi connectivity index (χ2v) is 7.76. The second-order valence-electron chi connectivity index (χ2n) is 7.32. The molecule has 0 bridgehead atoms. The maximum absolute atomic E-state index is 12.6. The number of aryl methyl sites for hydroxylation is 2. The zero-order chi connectivity index (χ0) is 22.8. The highest BCUT2D eigenvalue weighted by Gasteiger charge is 2.17. The molecule has 4 rings (SSSR count). The first-order valence-corrected chi connectivity index (χ1v) is 10.1. The van der Waals surface area contributed by atoms with Crippen molar-refractivity contribution in [1.29, 1.82) is 5.26 Å². The number of nitrogens with one attached hydrogen (secondary N) is 1. The summed E-state index contributed by atoms with van der Waals surface area (Å²) in [5.41, 5.74) is 9.96. The van der Waals surface area contributed by atoms with Crippen LogP contribution >= 0.6 is 11.6 Å². The van der Waals surface area contributed by atoms with Gasteiger partial charge in [0.05, 0.1) is 17.1 Å². The predicted octanol–water partition coefficient (Wildman–Crippen LogP) is 2.92. The maximum atomic E-state index is 12.6. The van der Waals surface area contributed by atoms with Crippen molar-refractivity contribution >= 4 is 34.2 Å². The Labute approximate surface area is 188 Å². The number of carbonyl (C=O) groups excluding carboxylic acids is 1. The molecule has 1 amide bonds. The molecule has 0 spiro atoms. The van der Waals surface area contributed by atoms with Crippen LogP contribution < -0.4 is 11.1 Å². The molecule has 0 aliphatic rings. The van der Waals surface area contributed by atoms with Crippen LogP contribution in [0.2, 0.25) is 5.02 Å². The average Bonchev–Trinajstić information content (AvgIpc) is 3.15. The highest BCUT2D eigenvalue weighted by molar-refractivity contribution is 6.31. The summed E-state index contributed by atoms with van der Waals surface area (Å²) in [6.45, 7) is 4.25. The molecule has 4 aromatic rings. The van der Waals surface area contributed by atoms with Crippen LogP contribution in [0.25, 0.3) is 10.9 Å². The molecule has 32 heavy (non-hydrogen) atoms. The van der Waals surface area contributed by atoms with E-state index in [1.807, 2.05) is 44.2 Å². The van der Waals surface area contributed by atoms with Gasteiger partial charge < -0.3 is 11.1 Å². The molecule has 9 nitrogen and oxygen atoms in total. The van der Waals surface area contributed by atoms with Crippen molar-refractivity contribution in [3.63, 3.8) is 0 Å². The molecule has 0 radical (unpaired) electrons. The number of nitrogen functional groups attached to an aromatic ring is 1. The van der Waals surface area contributed by atoms with Crippen molar-refractivity contribution in [2.45, 2.75) is 26.9 Å². The van der Waals surface area contributed by atoms with E-state index in [4.69, 9.17) is 17.3 Å². The first-order chi connectivity index (χ1) is 15.3. The van der Waals surface area contributed by atoms with E-state index in [-0.39, 0.29) is 24.7 Å². The molecule has 0 aliphatic carbocycles. The van der Waals surface area contributed by atoms with E-state index in [0.717, 1.165) is 33.3 Å². The largest absolute Gasteiger partial charge is 0.384 e. The van der Waals surface area contributed by atoms with Gasteiger partial charge in [0.15, 0.2) is 0 Å². The summed E-state index contributed by atoms with van der Waals surface area (Å²) in [4.78, 5) is 25.2. The Morgan fingerprint density at radius 3 is 2.81 bits per heavy atom. The lowest BCUT2D eigenvalue weighted by molar-refractivity contribution is 0.0940. The maximum Gasteiger partial charge on any atom is 0.291 e. The Balaban J connectivity index is 1.53. The van der Waals surface area contributed by atoms with E-state index in [9.17, 15) is 10.1 Å². The van der Waals surface area contributed by atoms with Crippen LogP contribution in [0.5, 0.6) is 0 Å². The number of halogens is 1. The first-order valence-electron chi connectivity index (χ1n) is 9.74. The van der Waals surface area contributed by atoms with Gasteiger partial charge in [0.25, 0.3) is 5.91 Å². The van der Waals surface area contributed by atoms with E-state index >= 15 is 0 Å². The fourth-order valence-electron chi connectivity index (χ4n) is 3.46. The summed E-state index contributed by atoms with van der Waals surface area (Å²) in [5, 5.41) is 17.9. The van der Waals surface area contributed by atoms with E-state index in [0.29, 0.717) is 10.8 Å². The number of aromatic nitrogens is 5. The third-order valence-electron chi connectivity index (χ3n) is 5.02. The van der Waals surface area contributed by atoms with Gasteiger partial charge in [0.2, 0.25) is 11.6 Å². The number of fused-ring (bicyclic) bond motifs is 1. The molecule has 10 heteroatoms. The van der Waals surface area contributed by atoms with Gasteiger partial charge in [-0.3, -0.25) is 9.78 Å². The normalized spacial score (nSPS) is 10.8. The van der Waals surface area contributed by atoms with Crippen molar-refractivity contribution in [3.8, 4) is 6.07 Å². The lowest BCUT2D eigenvalue weighted by Gasteiger charge is -2.10.